The van der Waals surface area contributed by atoms with Crippen LogP contribution < -0.4 is 0 Å². The quantitative estimate of drug-likeness (QED) is 0.443. The van der Waals surface area contributed by atoms with Gasteiger partial charge in [-0.1, -0.05) is 12.2 Å². The number of rotatable bonds is 0. The van der Waals surface area contributed by atoms with E-state index < -0.39 is 0 Å². The van der Waals surface area contributed by atoms with Gasteiger partial charge in [-0.25, -0.2) is 4.98 Å². The molecule has 0 spiro atoms. The molecule has 10 heavy (non-hydrogen) atoms. The van der Waals surface area contributed by atoms with Gasteiger partial charge >= 0.3 is 0 Å². The Morgan fingerprint density at radius 2 is 2.10 bits per heavy atom. The lowest BCUT2D eigenvalue weighted by atomic mass is 10.3. The highest BCUT2D eigenvalue weighted by molar-refractivity contribution is 14.1. The summed E-state index contributed by atoms with van der Waals surface area (Å²) in [7, 11) is 0. The standard InChI is InChI=1S/C6H7IN2S/c1-3-4(2)8-6(7)9-5(3)10/h1-2H3,(H,8,9,10). The molecule has 1 rings (SSSR count). The fourth-order valence-corrected chi connectivity index (χ4v) is 1.66. The largest absolute Gasteiger partial charge is 0.339 e. The summed E-state index contributed by atoms with van der Waals surface area (Å²) < 4.78 is 1.55. The molecule has 4 heteroatoms. The molecule has 0 unspecified atom stereocenters. The second-order valence-electron chi connectivity index (χ2n) is 2.08. The highest BCUT2D eigenvalue weighted by atomic mass is 127. The van der Waals surface area contributed by atoms with E-state index in [1.54, 1.807) is 0 Å². The van der Waals surface area contributed by atoms with E-state index in [1.807, 2.05) is 13.8 Å². The molecule has 0 saturated carbocycles. The van der Waals surface area contributed by atoms with Gasteiger partial charge in [-0.05, 0) is 36.4 Å². The van der Waals surface area contributed by atoms with Crippen LogP contribution in [0.2, 0.25) is 0 Å². The van der Waals surface area contributed by atoms with Crippen LogP contribution in [-0.4, -0.2) is 9.97 Å². The van der Waals surface area contributed by atoms with Crippen LogP contribution in [0.3, 0.4) is 0 Å². The smallest absolute Gasteiger partial charge is 0.170 e. The van der Waals surface area contributed by atoms with Crippen molar-refractivity contribution in [3.05, 3.63) is 19.7 Å². The molecule has 0 aliphatic heterocycles. The molecule has 0 bridgehead atoms. The molecular weight excluding hydrogens is 259 g/mol. The van der Waals surface area contributed by atoms with Gasteiger partial charge in [-0.3, -0.25) is 0 Å². The molecule has 0 saturated heterocycles. The van der Waals surface area contributed by atoms with Crippen molar-refractivity contribution in [3.8, 4) is 0 Å². The number of halogens is 1. The Bertz CT molecular complexity index is 305. The van der Waals surface area contributed by atoms with Crippen molar-refractivity contribution >= 4 is 34.8 Å². The van der Waals surface area contributed by atoms with Crippen LogP contribution in [-0.2, 0) is 0 Å². The third-order valence-electron chi connectivity index (χ3n) is 1.37. The number of hydrogen-bond donors (Lipinski definition) is 1. The maximum absolute atomic E-state index is 4.99. The summed E-state index contributed by atoms with van der Waals surface area (Å²) in [5.41, 5.74) is 2.17. The van der Waals surface area contributed by atoms with E-state index in [0.29, 0.717) is 4.64 Å². The van der Waals surface area contributed by atoms with E-state index in [-0.39, 0.29) is 0 Å². The molecule has 1 heterocycles. The van der Waals surface area contributed by atoms with E-state index >= 15 is 0 Å². The second-order valence-corrected chi connectivity index (χ2v) is 3.49. The molecule has 54 valence electrons. The SMILES string of the molecule is Cc1[nH]c(I)nc(=S)c1C. The number of aromatic nitrogens is 2. The van der Waals surface area contributed by atoms with Crippen LogP contribution in [0.5, 0.6) is 0 Å². The first-order valence-electron chi connectivity index (χ1n) is 2.84. The van der Waals surface area contributed by atoms with Gasteiger partial charge in [0.2, 0.25) is 0 Å². The maximum Gasteiger partial charge on any atom is 0.170 e. The minimum Gasteiger partial charge on any atom is -0.339 e. The first kappa shape index (κ1) is 8.13. The maximum atomic E-state index is 4.99. The molecule has 1 aromatic heterocycles. The Labute approximate surface area is 78.2 Å². The summed E-state index contributed by atoms with van der Waals surface area (Å²) in [5.74, 6) is 0. The lowest BCUT2D eigenvalue weighted by Crippen LogP contribution is -1.94. The monoisotopic (exact) mass is 266 g/mol. The molecule has 0 amide bonds. The van der Waals surface area contributed by atoms with Crippen LogP contribution in [0.1, 0.15) is 11.3 Å². The Balaban J connectivity index is 3.46. The van der Waals surface area contributed by atoms with Crippen molar-refractivity contribution in [2.75, 3.05) is 0 Å². The van der Waals surface area contributed by atoms with Crippen LogP contribution in [0.4, 0.5) is 0 Å². The van der Waals surface area contributed by atoms with E-state index in [2.05, 4.69) is 32.6 Å². The van der Waals surface area contributed by atoms with Crippen molar-refractivity contribution in [3.63, 3.8) is 0 Å². The van der Waals surface area contributed by atoms with Gasteiger partial charge in [0.15, 0.2) is 3.83 Å². The summed E-state index contributed by atoms with van der Waals surface area (Å²) in [4.78, 5) is 7.17. The van der Waals surface area contributed by atoms with Crippen molar-refractivity contribution in [2.45, 2.75) is 13.8 Å². The molecule has 1 N–H and O–H groups in total. The van der Waals surface area contributed by atoms with Crippen LogP contribution in [0.15, 0.2) is 0 Å². The van der Waals surface area contributed by atoms with Crippen LogP contribution in [0, 0.1) is 22.3 Å². The number of hydrogen-bond acceptors (Lipinski definition) is 2. The summed E-state index contributed by atoms with van der Waals surface area (Å²) in [6.07, 6.45) is 0. The van der Waals surface area contributed by atoms with E-state index in [0.717, 1.165) is 15.1 Å². The zero-order valence-corrected chi connectivity index (χ0v) is 8.71. The minimum atomic E-state index is 0.695. The van der Waals surface area contributed by atoms with Crippen LogP contribution >= 0.6 is 34.8 Å². The van der Waals surface area contributed by atoms with E-state index in [1.165, 1.54) is 0 Å². The van der Waals surface area contributed by atoms with Gasteiger partial charge in [0.25, 0.3) is 0 Å². The van der Waals surface area contributed by atoms with Crippen molar-refractivity contribution in [1.82, 2.24) is 9.97 Å². The second kappa shape index (κ2) is 2.96. The van der Waals surface area contributed by atoms with Gasteiger partial charge in [-0.15, -0.1) is 0 Å². The predicted octanol–water partition coefficient (Wildman–Crippen LogP) is 2.36. The number of H-pyrrole nitrogens is 1. The molecular formula is C6H7IN2S. The number of nitrogens with one attached hydrogen (secondary N) is 1. The average Bonchev–Trinajstić information content (AvgIpc) is 1.82. The Morgan fingerprint density at radius 3 is 2.60 bits per heavy atom. The van der Waals surface area contributed by atoms with Crippen molar-refractivity contribution in [1.29, 1.82) is 0 Å². The number of aryl methyl sites for hydroxylation is 1. The third-order valence-corrected chi connectivity index (χ3v) is 2.28. The number of aromatic amines is 1. The highest BCUT2D eigenvalue weighted by Crippen LogP contribution is 2.05. The molecule has 0 aliphatic rings. The summed E-state index contributed by atoms with van der Waals surface area (Å²) in [6, 6.07) is 0. The molecule has 0 radical (unpaired) electrons. The van der Waals surface area contributed by atoms with Crippen molar-refractivity contribution < 1.29 is 0 Å². The molecule has 0 aromatic carbocycles. The summed E-state index contributed by atoms with van der Waals surface area (Å²) in [6.45, 7) is 3.96. The van der Waals surface area contributed by atoms with Crippen molar-refractivity contribution in [2.24, 2.45) is 0 Å². The topological polar surface area (TPSA) is 28.7 Å². The average molecular weight is 266 g/mol. The normalized spacial score (nSPS) is 9.90. The summed E-state index contributed by atoms with van der Waals surface area (Å²) in [5, 5.41) is 0. The van der Waals surface area contributed by atoms with Gasteiger partial charge < -0.3 is 4.98 Å². The molecule has 0 atom stereocenters. The lowest BCUT2D eigenvalue weighted by molar-refractivity contribution is 1.01. The molecule has 0 aliphatic carbocycles. The minimum absolute atomic E-state index is 0.695. The summed E-state index contributed by atoms with van der Waals surface area (Å²) >= 11 is 7.11. The van der Waals surface area contributed by atoms with Gasteiger partial charge in [-0.2, -0.15) is 0 Å². The Hall–Kier alpha value is 0.0300. The Morgan fingerprint density at radius 1 is 1.50 bits per heavy atom. The molecule has 2 nitrogen and oxygen atoms in total. The van der Waals surface area contributed by atoms with Gasteiger partial charge in [0.1, 0.15) is 4.64 Å². The lowest BCUT2D eigenvalue weighted by Gasteiger charge is -1.98. The molecule has 1 aromatic rings. The fourth-order valence-electron chi connectivity index (χ4n) is 0.610. The van der Waals surface area contributed by atoms with E-state index in [9.17, 15) is 0 Å². The highest BCUT2D eigenvalue weighted by Gasteiger charge is 1.96. The Kier molecular flexibility index (Phi) is 2.40. The first-order valence-corrected chi connectivity index (χ1v) is 4.33. The zero-order valence-electron chi connectivity index (χ0n) is 5.73. The first-order chi connectivity index (χ1) is 4.61. The van der Waals surface area contributed by atoms with Gasteiger partial charge in [0, 0.05) is 11.3 Å². The predicted molar refractivity (Wildman–Crippen MR) is 51.6 cm³/mol. The van der Waals surface area contributed by atoms with Gasteiger partial charge in [0.05, 0.1) is 0 Å². The number of nitrogens with zero attached hydrogens (tertiary/aromatic N) is 1. The zero-order chi connectivity index (χ0) is 7.72. The van der Waals surface area contributed by atoms with Crippen LogP contribution in [0.25, 0.3) is 0 Å². The fraction of sp³-hybridized carbons (Fsp3) is 0.333. The third kappa shape index (κ3) is 1.54. The van der Waals surface area contributed by atoms with E-state index in [4.69, 9.17) is 12.2 Å². The molecule has 0 fully saturated rings.